The van der Waals surface area contributed by atoms with Crippen molar-refractivity contribution in [2.24, 2.45) is 5.92 Å². The average Bonchev–Trinajstić information content (AvgIpc) is 3.47. The lowest BCUT2D eigenvalue weighted by Gasteiger charge is -2.71. The molecule has 2 saturated heterocycles. The number of H-pyrrole nitrogens is 1. The Morgan fingerprint density at radius 3 is 2.79 bits per heavy atom. The monoisotopic (exact) mass is 542 g/mol. The molecule has 1 saturated carbocycles. The molecule has 4 aliphatic rings. The number of aromatic amines is 1. The van der Waals surface area contributed by atoms with Crippen LogP contribution in [0.1, 0.15) is 36.4 Å². The van der Waals surface area contributed by atoms with E-state index in [0.29, 0.717) is 30.4 Å². The van der Waals surface area contributed by atoms with E-state index in [2.05, 4.69) is 20.2 Å². The van der Waals surface area contributed by atoms with Gasteiger partial charge in [0.25, 0.3) is 5.92 Å². The fourth-order valence-corrected chi connectivity index (χ4v) is 6.51. The maximum atomic E-state index is 15.1. The maximum Gasteiger partial charge on any atom is 0.255 e. The van der Waals surface area contributed by atoms with Gasteiger partial charge in [-0.25, -0.2) is 18.2 Å². The Labute approximate surface area is 220 Å². The van der Waals surface area contributed by atoms with Gasteiger partial charge >= 0.3 is 0 Å². The molecule has 7 nitrogen and oxygen atoms in total. The van der Waals surface area contributed by atoms with Crippen LogP contribution in [0.3, 0.4) is 0 Å². The number of ether oxygens (including phenoxy) is 1. The van der Waals surface area contributed by atoms with Crippen LogP contribution in [0.2, 0.25) is 5.02 Å². The normalized spacial score (nSPS) is 27.8. The lowest BCUT2D eigenvalue weighted by molar-refractivity contribution is -0.206. The standard InChI is InChI=1S/C27H22ClF3N4O3/c28-19-6-21(20(29)5-17(19)13-1-2-24(33-10-13)38-12-15-7-27(15,30)31)34-25(37)26-8-16-3-14-4-23(36)32-11-18(14)22(9-26)35(16)26/h1-2,4-6,10-11,15-16,22H,3,7-9,12H2,(H,32,36)(H,34,37)/t15-,16?,22-,26?/m1/s1. The van der Waals surface area contributed by atoms with E-state index in [1.807, 2.05) is 0 Å². The topological polar surface area (TPSA) is 87.3 Å². The first-order chi connectivity index (χ1) is 18.1. The number of hydrogen-bond donors (Lipinski definition) is 2. The molecular formula is C27H22ClF3N4O3. The number of fused-ring (bicyclic) bond motifs is 2. The molecule has 7 rings (SSSR count). The van der Waals surface area contributed by atoms with Crippen LogP contribution in [-0.4, -0.2) is 44.9 Å². The minimum atomic E-state index is -2.66. The van der Waals surface area contributed by atoms with Crippen molar-refractivity contribution >= 4 is 23.2 Å². The molecule has 1 aliphatic carbocycles. The van der Waals surface area contributed by atoms with Gasteiger partial charge in [-0.05, 0) is 48.6 Å². The molecule has 2 unspecified atom stereocenters. The van der Waals surface area contributed by atoms with E-state index in [9.17, 15) is 18.4 Å². The van der Waals surface area contributed by atoms with Crippen LogP contribution in [0.4, 0.5) is 18.9 Å². The summed E-state index contributed by atoms with van der Waals surface area (Å²) in [6, 6.07) is 7.64. The number of pyridine rings is 2. The minimum absolute atomic E-state index is 0.00922. The maximum absolute atomic E-state index is 15.1. The first kappa shape index (κ1) is 23.7. The molecular weight excluding hydrogens is 521 g/mol. The van der Waals surface area contributed by atoms with Crippen LogP contribution in [0.15, 0.2) is 47.5 Å². The number of rotatable bonds is 6. The summed E-state index contributed by atoms with van der Waals surface area (Å²) in [7, 11) is 0. The summed E-state index contributed by atoms with van der Waals surface area (Å²) in [6.07, 6.45) is 4.94. The number of benzene rings is 1. The van der Waals surface area contributed by atoms with E-state index in [0.717, 1.165) is 11.1 Å². The molecule has 3 aromatic rings. The molecule has 38 heavy (non-hydrogen) atoms. The second-order valence-electron chi connectivity index (χ2n) is 10.6. The van der Waals surface area contributed by atoms with Gasteiger partial charge in [0.05, 0.1) is 23.2 Å². The summed E-state index contributed by atoms with van der Waals surface area (Å²) in [6.45, 7) is -0.116. The number of aromatic nitrogens is 2. The molecule has 3 aliphatic heterocycles. The smallest absolute Gasteiger partial charge is 0.255 e. The third kappa shape index (κ3) is 3.57. The Morgan fingerprint density at radius 1 is 1.24 bits per heavy atom. The summed E-state index contributed by atoms with van der Waals surface area (Å²) >= 11 is 6.45. The van der Waals surface area contributed by atoms with Crippen molar-refractivity contribution in [1.82, 2.24) is 14.9 Å². The van der Waals surface area contributed by atoms with Crippen molar-refractivity contribution in [3.8, 4) is 17.0 Å². The predicted octanol–water partition coefficient (Wildman–Crippen LogP) is 4.72. The van der Waals surface area contributed by atoms with Crippen LogP contribution < -0.4 is 15.6 Å². The number of anilines is 1. The van der Waals surface area contributed by atoms with Crippen LogP contribution in [0, 0.1) is 11.7 Å². The molecule has 5 heterocycles. The largest absolute Gasteiger partial charge is 0.477 e. The van der Waals surface area contributed by atoms with Gasteiger partial charge in [0.15, 0.2) is 0 Å². The van der Waals surface area contributed by atoms with Crippen molar-refractivity contribution < 1.29 is 22.7 Å². The van der Waals surface area contributed by atoms with Crippen molar-refractivity contribution in [2.75, 3.05) is 11.9 Å². The first-order valence-electron chi connectivity index (χ1n) is 12.4. The van der Waals surface area contributed by atoms with Gasteiger partial charge in [0, 0.05) is 54.2 Å². The van der Waals surface area contributed by atoms with Crippen molar-refractivity contribution in [2.45, 2.75) is 49.2 Å². The highest BCUT2D eigenvalue weighted by molar-refractivity contribution is 6.33. The Morgan fingerprint density at radius 2 is 2.05 bits per heavy atom. The lowest BCUT2D eigenvalue weighted by atomic mass is 9.58. The number of amides is 1. The van der Waals surface area contributed by atoms with Crippen LogP contribution in [0.5, 0.6) is 5.88 Å². The van der Waals surface area contributed by atoms with Crippen LogP contribution >= 0.6 is 11.6 Å². The lowest BCUT2D eigenvalue weighted by Crippen LogP contribution is -2.80. The van der Waals surface area contributed by atoms with Gasteiger partial charge in [-0.1, -0.05) is 11.6 Å². The van der Waals surface area contributed by atoms with Crippen LogP contribution in [0.25, 0.3) is 11.1 Å². The molecule has 0 spiro atoms. The number of halogens is 4. The zero-order valence-electron chi connectivity index (χ0n) is 19.9. The third-order valence-electron chi connectivity index (χ3n) is 8.35. The zero-order valence-corrected chi connectivity index (χ0v) is 20.7. The average molecular weight is 543 g/mol. The summed E-state index contributed by atoms with van der Waals surface area (Å²) in [5.74, 6) is -4.17. The van der Waals surface area contributed by atoms with E-state index in [4.69, 9.17) is 16.3 Å². The van der Waals surface area contributed by atoms with Gasteiger partial charge in [-0.2, -0.15) is 0 Å². The second-order valence-corrected chi connectivity index (χ2v) is 11.0. The summed E-state index contributed by atoms with van der Waals surface area (Å²) in [4.78, 5) is 34.0. The van der Waals surface area contributed by atoms with Gasteiger partial charge in [0.1, 0.15) is 11.4 Å². The molecule has 0 radical (unpaired) electrons. The van der Waals surface area contributed by atoms with Crippen LogP contribution in [-0.2, 0) is 11.2 Å². The molecule has 0 bridgehead atoms. The van der Waals surface area contributed by atoms with Crippen molar-refractivity contribution in [3.63, 3.8) is 0 Å². The van der Waals surface area contributed by atoms with Gasteiger partial charge in [0.2, 0.25) is 17.3 Å². The van der Waals surface area contributed by atoms with Crippen molar-refractivity contribution in [3.05, 3.63) is 75.0 Å². The summed E-state index contributed by atoms with van der Waals surface area (Å²) < 4.78 is 46.5. The highest BCUT2D eigenvalue weighted by atomic mass is 35.5. The van der Waals surface area contributed by atoms with E-state index < -0.39 is 23.2 Å². The van der Waals surface area contributed by atoms with E-state index in [1.165, 1.54) is 24.4 Å². The second kappa shape index (κ2) is 8.07. The number of nitrogens with zero attached hydrogens (tertiary/aromatic N) is 2. The Bertz CT molecular complexity index is 1550. The predicted molar refractivity (Wildman–Crippen MR) is 133 cm³/mol. The SMILES string of the molecule is O=C(Nc1cc(Cl)c(-c2ccc(OC[C@H]3CC3(F)F)nc2)cc1F)C12CC3Cc4cc(=O)[nH]cc4[C@@H](C1)N32. The number of alkyl halides is 2. The van der Waals surface area contributed by atoms with Gasteiger partial charge < -0.3 is 15.0 Å². The zero-order chi connectivity index (χ0) is 26.4. The fourth-order valence-electron chi connectivity index (χ4n) is 6.24. The van der Waals surface area contributed by atoms with E-state index >= 15 is 4.39 Å². The van der Waals surface area contributed by atoms with Crippen molar-refractivity contribution in [1.29, 1.82) is 0 Å². The van der Waals surface area contributed by atoms with E-state index in [1.54, 1.807) is 18.3 Å². The van der Waals surface area contributed by atoms with Gasteiger partial charge in [-0.3, -0.25) is 14.5 Å². The molecule has 1 aromatic carbocycles. The molecule has 1 amide bonds. The summed E-state index contributed by atoms with van der Waals surface area (Å²) in [5.41, 5.74) is 2.14. The number of carbonyl (C=O) groups is 1. The number of nitrogens with one attached hydrogen (secondary N) is 2. The molecule has 11 heteroatoms. The Hall–Kier alpha value is -3.37. The third-order valence-corrected chi connectivity index (χ3v) is 8.66. The fraction of sp³-hybridized carbons (Fsp3) is 0.370. The van der Waals surface area contributed by atoms with E-state index in [-0.39, 0.29) is 53.2 Å². The number of hydrogen-bond acceptors (Lipinski definition) is 5. The molecule has 2 N–H and O–H groups in total. The quantitative estimate of drug-likeness (QED) is 0.471. The summed E-state index contributed by atoms with van der Waals surface area (Å²) in [5, 5.41) is 2.95. The molecule has 196 valence electrons. The molecule has 2 aromatic heterocycles. The highest BCUT2D eigenvalue weighted by Gasteiger charge is 2.69. The number of piperidine rings is 1. The highest BCUT2D eigenvalue weighted by Crippen LogP contribution is 2.61. The molecule has 3 fully saturated rings. The molecule has 4 atom stereocenters. The Kier molecular flexibility index (Phi) is 5.04. The Balaban J connectivity index is 1.04. The first-order valence-corrected chi connectivity index (χ1v) is 12.8. The number of carbonyl (C=O) groups excluding carboxylic acids is 1. The van der Waals surface area contributed by atoms with Gasteiger partial charge in [-0.15, -0.1) is 0 Å². The minimum Gasteiger partial charge on any atom is -0.477 e.